The van der Waals surface area contributed by atoms with Crippen molar-refractivity contribution in [2.75, 3.05) is 11.4 Å². The Kier molecular flexibility index (Phi) is 5.90. The maximum absolute atomic E-state index is 12.9. The minimum Gasteiger partial charge on any atom is -0.361 e. The predicted molar refractivity (Wildman–Crippen MR) is 127 cm³/mol. The molecule has 0 bridgehead atoms. The third-order valence-electron chi connectivity index (χ3n) is 6.11. The molecule has 0 fully saturated rings. The number of amidine groups is 1. The number of oxime groups is 1. The Hall–Kier alpha value is -3.56. The van der Waals surface area contributed by atoms with Gasteiger partial charge in [0.15, 0.2) is 12.1 Å². The van der Waals surface area contributed by atoms with E-state index in [2.05, 4.69) is 15.4 Å². The Morgan fingerprint density at radius 3 is 2.49 bits per heavy atom. The van der Waals surface area contributed by atoms with Crippen molar-refractivity contribution < 1.29 is 22.8 Å². The zero-order chi connectivity index (χ0) is 24.7. The lowest BCUT2D eigenvalue weighted by Gasteiger charge is -2.35. The van der Waals surface area contributed by atoms with E-state index >= 15 is 0 Å². The molecule has 2 heterocycles. The summed E-state index contributed by atoms with van der Waals surface area (Å²) in [7, 11) is 0. The fourth-order valence-corrected chi connectivity index (χ4v) is 4.55. The monoisotopic (exact) mass is 500 g/mol. The van der Waals surface area contributed by atoms with Gasteiger partial charge in [0.1, 0.15) is 0 Å². The first kappa shape index (κ1) is 23.2. The van der Waals surface area contributed by atoms with Gasteiger partial charge in [-0.3, -0.25) is 4.79 Å². The molecule has 0 spiro atoms. The second-order valence-corrected chi connectivity index (χ2v) is 8.71. The van der Waals surface area contributed by atoms with Gasteiger partial charge < -0.3 is 20.8 Å². The molecule has 2 atom stereocenters. The number of alkyl halides is 3. The van der Waals surface area contributed by atoms with Crippen molar-refractivity contribution in [1.29, 1.82) is 0 Å². The number of hydrogen-bond donors (Lipinski definition) is 2. The van der Waals surface area contributed by atoms with Gasteiger partial charge in [0.05, 0.1) is 10.6 Å². The van der Waals surface area contributed by atoms with Crippen LogP contribution in [-0.2, 0) is 15.8 Å². The molecule has 3 aromatic rings. The number of nitrogens with one attached hydrogen (secondary N) is 1. The number of fused-ring (bicyclic) bond motifs is 1. The van der Waals surface area contributed by atoms with Gasteiger partial charge in [-0.1, -0.05) is 35.0 Å². The Morgan fingerprint density at radius 2 is 1.83 bits per heavy atom. The molecule has 0 aliphatic carbocycles. The highest BCUT2D eigenvalue weighted by atomic mass is 35.5. The number of nitrogens with two attached hydrogens (primary N) is 1. The highest BCUT2D eigenvalue weighted by Crippen LogP contribution is 2.41. The number of halogens is 4. The zero-order valence-electron chi connectivity index (χ0n) is 18.2. The lowest BCUT2D eigenvalue weighted by atomic mass is 9.92. The molecular formula is C25H20ClF3N4O2. The summed E-state index contributed by atoms with van der Waals surface area (Å²) in [6, 6.07) is 16.1. The minimum atomic E-state index is -4.38. The summed E-state index contributed by atoms with van der Waals surface area (Å²) in [5.41, 5.74) is 10.5. The number of rotatable bonds is 4. The van der Waals surface area contributed by atoms with Gasteiger partial charge in [-0.15, -0.1) is 0 Å². The van der Waals surface area contributed by atoms with E-state index in [1.165, 1.54) is 12.1 Å². The summed E-state index contributed by atoms with van der Waals surface area (Å²) in [5.74, 6) is 0.376. The average molecular weight is 501 g/mol. The van der Waals surface area contributed by atoms with Crippen LogP contribution in [-0.4, -0.2) is 24.9 Å². The molecule has 180 valence electrons. The third kappa shape index (κ3) is 4.44. The van der Waals surface area contributed by atoms with Gasteiger partial charge >= 0.3 is 6.18 Å². The quantitative estimate of drug-likeness (QED) is 0.471. The Balaban J connectivity index is 1.44. The molecule has 6 nitrogen and oxygen atoms in total. The normalized spacial score (nSPS) is 19.5. The third-order valence-corrected chi connectivity index (χ3v) is 6.42. The molecule has 35 heavy (non-hydrogen) atoms. The first-order valence-electron chi connectivity index (χ1n) is 10.8. The predicted octanol–water partition coefficient (Wildman–Crippen LogP) is 5.37. The molecular weight excluding hydrogens is 481 g/mol. The number of anilines is 2. The maximum atomic E-state index is 12.9. The van der Waals surface area contributed by atoms with E-state index in [1.54, 1.807) is 12.1 Å². The van der Waals surface area contributed by atoms with Crippen molar-refractivity contribution in [1.82, 2.24) is 5.32 Å². The molecule has 10 heteroatoms. The smallest absolute Gasteiger partial charge is 0.361 e. The molecule has 3 aromatic carbocycles. The van der Waals surface area contributed by atoms with E-state index in [1.807, 2.05) is 24.3 Å². The van der Waals surface area contributed by atoms with Crippen LogP contribution in [0, 0.1) is 0 Å². The van der Waals surface area contributed by atoms with Crippen LogP contribution in [0.2, 0.25) is 5.02 Å². The SMILES string of the molecule is NC1CCN(c2ccc(C3=NOC(C=O)N3)c(Cl)c2)c2ccc(-c3ccc(C(F)(F)F)cc3)cc21. The summed E-state index contributed by atoms with van der Waals surface area (Å²) in [4.78, 5) is 18.0. The van der Waals surface area contributed by atoms with Crippen LogP contribution in [0.15, 0.2) is 65.8 Å². The molecule has 0 saturated heterocycles. The largest absolute Gasteiger partial charge is 0.416 e. The highest BCUT2D eigenvalue weighted by Gasteiger charge is 2.30. The molecule has 3 N–H and O–H groups in total. The van der Waals surface area contributed by atoms with E-state index in [0.29, 0.717) is 41.2 Å². The number of hydrogen-bond acceptors (Lipinski definition) is 6. The Labute approximate surface area is 204 Å². The molecule has 0 radical (unpaired) electrons. The summed E-state index contributed by atoms with van der Waals surface area (Å²) < 4.78 is 38.7. The first-order chi connectivity index (χ1) is 16.7. The highest BCUT2D eigenvalue weighted by molar-refractivity contribution is 6.34. The summed E-state index contributed by atoms with van der Waals surface area (Å²) in [5, 5.41) is 7.13. The molecule has 0 aromatic heterocycles. The number of carbonyl (C=O) groups is 1. The van der Waals surface area contributed by atoms with Gasteiger partial charge in [0, 0.05) is 29.5 Å². The van der Waals surface area contributed by atoms with Crippen molar-refractivity contribution in [2.24, 2.45) is 10.9 Å². The Bertz CT molecular complexity index is 1310. The van der Waals surface area contributed by atoms with Crippen LogP contribution in [0.1, 0.15) is 29.2 Å². The number of nitrogens with zero attached hydrogens (tertiary/aromatic N) is 2. The lowest BCUT2D eigenvalue weighted by Crippen LogP contribution is -2.31. The van der Waals surface area contributed by atoms with Crippen LogP contribution in [0.5, 0.6) is 0 Å². The second kappa shape index (κ2) is 8.90. The van der Waals surface area contributed by atoms with E-state index in [0.717, 1.165) is 34.6 Å². The fraction of sp³-hybridized carbons (Fsp3) is 0.200. The lowest BCUT2D eigenvalue weighted by molar-refractivity contribution is -0.137. The fourth-order valence-electron chi connectivity index (χ4n) is 4.29. The van der Waals surface area contributed by atoms with Crippen LogP contribution in [0.3, 0.4) is 0 Å². The van der Waals surface area contributed by atoms with Gasteiger partial charge in [0.25, 0.3) is 6.23 Å². The molecule has 2 aliphatic heterocycles. The van der Waals surface area contributed by atoms with Gasteiger partial charge in [0.2, 0.25) is 0 Å². The van der Waals surface area contributed by atoms with Crippen molar-refractivity contribution >= 4 is 35.1 Å². The molecule has 5 rings (SSSR count). The maximum Gasteiger partial charge on any atom is 0.416 e. The van der Waals surface area contributed by atoms with E-state index < -0.39 is 18.0 Å². The van der Waals surface area contributed by atoms with Crippen LogP contribution < -0.4 is 16.0 Å². The number of carbonyl (C=O) groups excluding carboxylic acids is 1. The van der Waals surface area contributed by atoms with Gasteiger partial charge in [-0.2, -0.15) is 13.2 Å². The van der Waals surface area contributed by atoms with Crippen molar-refractivity contribution in [2.45, 2.75) is 24.9 Å². The topological polar surface area (TPSA) is 79.9 Å². The van der Waals surface area contributed by atoms with Crippen molar-refractivity contribution in [3.8, 4) is 11.1 Å². The van der Waals surface area contributed by atoms with Crippen molar-refractivity contribution in [3.05, 3.63) is 82.4 Å². The van der Waals surface area contributed by atoms with E-state index in [9.17, 15) is 18.0 Å². The average Bonchev–Trinajstić information content (AvgIpc) is 3.33. The summed E-state index contributed by atoms with van der Waals surface area (Å²) >= 11 is 6.53. The van der Waals surface area contributed by atoms with Crippen LogP contribution >= 0.6 is 11.6 Å². The molecule has 0 saturated carbocycles. The number of benzene rings is 3. The van der Waals surface area contributed by atoms with Gasteiger partial charge in [-0.05, 0) is 65.6 Å². The Morgan fingerprint density at radius 1 is 1.09 bits per heavy atom. The molecule has 2 aliphatic rings. The van der Waals surface area contributed by atoms with E-state index in [-0.39, 0.29) is 6.04 Å². The van der Waals surface area contributed by atoms with Crippen LogP contribution in [0.25, 0.3) is 11.1 Å². The van der Waals surface area contributed by atoms with Crippen LogP contribution in [0.4, 0.5) is 24.5 Å². The number of aldehydes is 1. The summed E-state index contributed by atoms with van der Waals surface area (Å²) in [6.07, 6.45) is -3.93. The summed E-state index contributed by atoms with van der Waals surface area (Å²) in [6.45, 7) is 0.666. The molecule has 0 amide bonds. The van der Waals surface area contributed by atoms with E-state index in [4.69, 9.17) is 22.2 Å². The molecule has 2 unspecified atom stereocenters. The van der Waals surface area contributed by atoms with Crippen molar-refractivity contribution in [3.63, 3.8) is 0 Å². The first-order valence-corrected chi connectivity index (χ1v) is 11.2. The standard InChI is InChI=1S/C25H20ClF3N4O2/c26-20-12-17(6-7-18(20)24-31-23(13-34)35-32-24)33-10-9-21(30)19-11-15(3-8-22(19)33)14-1-4-16(5-2-14)25(27,28)29/h1-8,11-13,21,23H,9-10,30H2,(H,31,32). The zero-order valence-corrected chi connectivity index (χ0v) is 19.0. The second-order valence-electron chi connectivity index (χ2n) is 8.31. The van der Waals surface area contributed by atoms with Gasteiger partial charge in [-0.25, -0.2) is 0 Å². The minimum absolute atomic E-state index is 0.208.